The van der Waals surface area contributed by atoms with Crippen molar-refractivity contribution >= 4 is 0 Å². The molecular formula is C14H27N. The van der Waals surface area contributed by atoms with Gasteiger partial charge in [-0.25, -0.2) is 0 Å². The van der Waals surface area contributed by atoms with Crippen molar-refractivity contribution in [2.24, 2.45) is 11.3 Å². The van der Waals surface area contributed by atoms with Gasteiger partial charge in [0.25, 0.3) is 0 Å². The number of hydrogen-bond donors (Lipinski definition) is 1. The van der Waals surface area contributed by atoms with E-state index in [0.29, 0.717) is 5.41 Å². The van der Waals surface area contributed by atoms with E-state index in [1.165, 1.54) is 57.9 Å². The van der Waals surface area contributed by atoms with Gasteiger partial charge in [-0.05, 0) is 49.9 Å². The third-order valence-electron chi connectivity index (χ3n) is 4.95. The molecule has 0 unspecified atom stereocenters. The van der Waals surface area contributed by atoms with E-state index in [0.717, 1.165) is 12.0 Å². The fraction of sp³-hybridized carbons (Fsp3) is 1.00. The summed E-state index contributed by atoms with van der Waals surface area (Å²) in [5, 5.41) is 3.78. The van der Waals surface area contributed by atoms with E-state index >= 15 is 0 Å². The van der Waals surface area contributed by atoms with Crippen LogP contribution >= 0.6 is 0 Å². The molecule has 1 heteroatoms. The standard InChI is InChI=1S/C14H27N/c1-3-14(4-2,11-15-13-9-10-13)12-7-5-6-8-12/h12-13,15H,3-11H2,1-2H3. The summed E-state index contributed by atoms with van der Waals surface area (Å²) in [6.07, 6.45) is 11.5. The van der Waals surface area contributed by atoms with Crippen LogP contribution in [0.1, 0.15) is 65.2 Å². The minimum Gasteiger partial charge on any atom is -0.313 e. The molecule has 2 aliphatic rings. The molecule has 0 aromatic heterocycles. The predicted octanol–water partition coefficient (Wildman–Crippen LogP) is 3.74. The highest BCUT2D eigenvalue weighted by atomic mass is 15.0. The summed E-state index contributed by atoms with van der Waals surface area (Å²) in [5.74, 6) is 1.01. The summed E-state index contributed by atoms with van der Waals surface area (Å²) in [6.45, 7) is 6.09. The minimum absolute atomic E-state index is 0.624. The maximum Gasteiger partial charge on any atom is 0.00684 e. The SMILES string of the molecule is CCC(CC)(CNC1CC1)C1CCCC1. The van der Waals surface area contributed by atoms with Crippen LogP contribution in [-0.4, -0.2) is 12.6 Å². The highest BCUT2D eigenvalue weighted by Crippen LogP contribution is 2.44. The van der Waals surface area contributed by atoms with Crippen molar-refractivity contribution < 1.29 is 0 Å². The molecule has 0 heterocycles. The Labute approximate surface area is 95.0 Å². The first-order valence-electron chi connectivity index (χ1n) is 7.04. The Morgan fingerprint density at radius 2 is 1.60 bits per heavy atom. The van der Waals surface area contributed by atoms with Crippen molar-refractivity contribution in [2.45, 2.75) is 71.3 Å². The van der Waals surface area contributed by atoms with Crippen LogP contribution in [0.2, 0.25) is 0 Å². The van der Waals surface area contributed by atoms with Crippen molar-refractivity contribution in [1.29, 1.82) is 0 Å². The van der Waals surface area contributed by atoms with Gasteiger partial charge in [0.05, 0.1) is 0 Å². The molecule has 0 radical (unpaired) electrons. The van der Waals surface area contributed by atoms with Gasteiger partial charge in [0, 0.05) is 12.6 Å². The summed E-state index contributed by atoms with van der Waals surface area (Å²) in [6, 6.07) is 0.879. The van der Waals surface area contributed by atoms with E-state index in [1.807, 2.05) is 0 Å². The van der Waals surface area contributed by atoms with Gasteiger partial charge in [-0.1, -0.05) is 26.7 Å². The van der Waals surface area contributed by atoms with E-state index in [2.05, 4.69) is 19.2 Å². The topological polar surface area (TPSA) is 12.0 Å². The Hall–Kier alpha value is -0.0400. The van der Waals surface area contributed by atoms with Crippen LogP contribution in [0.5, 0.6) is 0 Å². The first-order valence-corrected chi connectivity index (χ1v) is 7.04. The van der Waals surface area contributed by atoms with Crippen LogP contribution in [0.3, 0.4) is 0 Å². The summed E-state index contributed by atoms with van der Waals surface area (Å²) < 4.78 is 0. The molecule has 2 fully saturated rings. The fourth-order valence-electron chi connectivity index (χ4n) is 3.39. The maximum absolute atomic E-state index is 3.78. The van der Waals surface area contributed by atoms with Crippen molar-refractivity contribution in [3.05, 3.63) is 0 Å². The van der Waals surface area contributed by atoms with E-state index in [9.17, 15) is 0 Å². The van der Waals surface area contributed by atoms with Crippen LogP contribution in [-0.2, 0) is 0 Å². The maximum atomic E-state index is 3.78. The first kappa shape index (κ1) is 11.4. The van der Waals surface area contributed by atoms with Crippen LogP contribution in [0.25, 0.3) is 0 Å². The molecule has 0 amide bonds. The molecule has 2 aliphatic carbocycles. The van der Waals surface area contributed by atoms with Gasteiger partial charge in [-0.15, -0.1) is 0 Å². The van der Waals surface area contributed by atoms with Gasteiger partial charge in [-0.3, -0.25) is 0 Å². The molecule has 15 heavy (non-hydrogen) atoms. The molecule has 2 rings (SSSR count). The normalized spacial score (nSPS) is 23.6. The second-order valence-electron chi connectivity index (χ2n) is 5.71. The lowest BCUT2D eigenvalue weighted by Crippen LogP contribution is -2.39. The molecular weight excluding hydrogens is 182 g/mol. The highest BCUT2D eigenvalue weighted by Gasteiger charge is 2.38. The third-order valence-corrected chi connectivity index (χ3v) is 4.95. The molecule has 1 N–H and O–H groups in total. The number of nitrogens with one attached hydrogen (secondary N) is 1. The monoisotopic (exact) mass is 209 g/mol. The van der Waals surface area contributed by atoms with Crippen LogP contribution < -0.4 is 5.32 Å². The largest absolute Gasteiger partial charge is 0.313 e. The fourth-order valence-corrected chi connectivity index (χ4v) is 3.39. The molecule has 2 saturated carbocycles. The van der Waals surface area contributed by atoms with Gasteiger partial charge in [0.15, 0.2) is 0 Å². The average Bonchev–Trinajstić information content (AvgIpc) is 2.94. The number of hydrogen-bond acceptors (Lipinski definition) is 1. The average molecular weight is 209 g/mol. The Kier molecular flexibility index (Phi) is 3.71. The Morgan fingerprint density at radius 3 is 2.07 bits per heavy atom. The second kappa shape index (κ2) is 4.86. The second-order valence-corrected chi connectivity index (χ2v) is 5.71. The Morgan fingerprint density at radius 1 is 1.00 bits per heavy atom. The van der Waals surface area contributed by atoms with Gasteiger partial charge < -0.3 is 5.32 Å². The summed E-state index contributed by atoms with van der Waals surface area (Å²) in [5.41, 5.74) is 0.624. The van der Waals surface area contributed by atoms with Gasteiger partial charge >= 0.3 is 0 Å². The minimum atomic E-state index is 0.624. The molecule has 0 aromatic rings. The molecule has 0 aromatic carbocycles. The molecule has 1 nitrogen and oxygen atoms in total. The summed E-state index contributed by atoms with van der Waals surface area (Å²) in [7, 11) is 0. The summed E-state index contributed by atoms with van der Waals surface area (Å²) in [4.78, 5) is 0. The lowest BCUT2D eigenvalue weighted by molar-refractivity contribution is 0.140. The Bertz CT molecular complexity index is 186. The zero-order valence-corrected chi connectivity index (χ0v) is 10.5. The quantitative estimate of drug-likeness (QED) is 0.703. The van der Waals surface area contributed by atoms with Crippen molar-refractivity contribution in [2.75, 3.05) is 6.54 Å². The molecule has 0 saturated heterocycles. The highest BCUT2D eigenvalue weighted by molar-refractivity contribution is 4.92. The van der Waals surface area contributed by atoms with E-state index in [4.69, 9.17) is 0 Å². The molecule has 0 bridgehead atoms. The van der Waals surface area contributed by atoms with E-state index in [1.54, 1.807) is 0 Å². The first-order chi connectivity index (χ1) is 7.30. The lowest BCUT2D eigenvalue weighted by Gasteiger charge is -2.38. The van der Waals surface area contributed by atoms with Crippen LogP contribution in [0, 0.1) is 11.3 Å². The number of rotatable bonds is 6. The van der Waals surface area contributed by atoms with Crippen LogP contribution in [0.15, 0.2) is 0 Å². The molecule has 0 aliphatic heterocycles. The van der Waals surface area contributed by atoms with Crippen molar-refractivity contribution in [3.63, 3.8) is 0 Å². The zero-order valence-electron chi connectivity index (χ0n) is 10.5. The third kappa shape index (κ3) is 2.55. The van der Waals surface area contributed by atoms with Crippen LogP contribution in [0.4, 0.5) is 0 Å². The van der Waals surface area contributed by atoms with Gasteiger partial charge in [0.1, 0.15) is 0 Å². The predicted molar refractivity (Wildman–Crippen MR) is 66.0 cm³/mol. The smallest absolute Gasteiger partial charge is 0.00684 e. The zero-order chi connectivity index (χ0) is 10.7. The summed E-state index contributed by atoms with van der Waals surface area (Å²) >= 11 is 0. The van der Waals surface area contributed by atoms with Crippen molar-refractivity contribution in [1.82, 2.24) is 5.32 Å². The molecule has 0 atom stereocenters. The Balaban J connectivity index is 1.92. The van der Waals surface area contributed by atoms with E-state index < -0.39 is 0 Å². The van der Waals surface area contributed by atoms with Crippen molar-refractivity contribution in [3.8, 4) is 0 Å². The molecule has 0 spiro atoms. The van der Waals surface area contributed by atoms with Gasteiger partial charge in [0.2, 0.25) is 0 Å². The molecule has 88 valence electrons. The lowest BCUT2D eigenvalue weighted by atomic mass is 9.70. The van der Waals surface area contributed by atoms with E-state index in [-0.39, 0.29) is 0 Å². The van der Waals surface area contributed by atoms with Gasteiger partial charge in [-0.2, -0.15) is 0 Å².